The summed E-state index contributed by atoms with van der Waals surface area (Å²) in [5, 5.41) is 19.7. The molecule has 0 aliphatic carbocycles. The lowest BCUT2D eigenvalue weighted by atomic mass is 10.1. The first kappa shape index (κ1) is 13.2. The van der Waals surface area contributed by atoms with E-state index in [2.05, 4.69) is 15.5 Å². The zero-order valence-corrected chi connectivity index (χ0v) is 10.6. The summed E-state index contributed by atoms with van der Waals surface area (Å²) in [5.41, 5.74) is 2.22. The van der Waals surface area contributed by atoms with Crippen molar-refractivity contribution in [3.63, 3.8) is 0 Å². The number of aliphatic hydroxyl groups is 1. The zero-order chi connectivity index (χ0) is 13.7. The molecule has 0 fully saturated rings. The Hall–Kier alpha value is -2.27. The van der Waals surface area contributed by atoms with Crippen molar-refractivity contribution in [2.45, 2.75) is 6.92 Å². The van der Waals surface area contributed by atoms with Gasteiger partial charge >= 0.3 is 0 Å². The summed E-state index contributed by atoms with van der Waals surface area (Å²) in [4.78, 5) is 11.3. The van der Waals surface area contributed by atoms with Crippen molar-refractivity contribution in [3.05, 3.63) is 42.0 Å². The van der Waals surface area contributed by atoms with E-state index in [9.17, 15) is 4.79 Å². The summed E-state index contributed by atoms with van der Waals surface area (Å²) in [7, 11) is 0. The fraction of sp³-hybridized carbons (Fsp3) is 0.214. The molecule has 1 heterocycles. The summed E-state index contributed by atoms with van der Waals surface area (Å²) >= 11 is 0. The first-order valence-electron chi connectivity index (χ1n) is 6.00. The van der Waals surface area contributed by atoms with Gasteiger partial charge in [-0.15, -0.1) is 10.2 Å². The van der Waals surface area contributed by atoms with Crippen LogP contribution in [0.2, 0.25) is 0 Å². The van der Waals surface area contributed by atoms with E-state index in [1.54, 1.807) is 18.2 Å². The topological polar surface area (TPSA) is 75.1 Å². The van der Waals surface area contributed by atoms with Crippen LogP contribution < -0.4 is 5.32 Å². The fourth-order valence-electron chi connectivity index (χ4n) is 1.66. The summed E-state index contributed by atoms with van der Waals surface area (Å²) < 4.78 is 0. The minimum absolute atomic E-state index is 0.0241. The van der Waals surface area contributed by atoms with Crippen LogP contribution in [0.15, 0.2) is 36.4 Å². The van der Waals surface area contributed by atoms with E-state index in [-0.39, 0.29) is 12.4 Å². The van der Waals surface area contributed by atoms with Gasteiger partial charge in [-0.1, -0.05) is 18.2 Å². The number of carbonyl (C=O) groups excluding carboxylic acids is 1. The third-order valence-corrected chi connectivity index (χ3v) is 2.65. The molecule has 2 N–H and O–H groups in total. The second-order valence-electron chi connectivity index (χ2n) is 4.09. The highest BCUT2D eigenvalue weighted by Crippen LogP contribution is 2.18. The van der Waals surface area contributed by atoms with E-state index in [1.807, 2.05) is 18.2 Å². The average Bonchev–Trinajstić information content (AvgIpc) is 2.46. The van der Waals surface area contributed by atoms with E-state index in [1.165, 1.54) is 6.92 Å². The minimum atomic E-state index is 0.0241. The highest BCUT2D eigenvalue weighted by molar-refractivity contribution is 5.95. The number of hydrogen-bond acceptors (Lipinski definition) is 5. The molecule has 0 spiro atoms. The molecular formula is C14H15N3O2. The van der Waals surface area contributed by atoms with Crippen molar-refractivity contribution in [1.29, 1.82) is 0 Å². The lowest BCUT2D eigenvalue weighted by Gasteiger charge is -2.05. The number of nitrogens with one attached hydrogen (secondary N) is 1. The Kier molecular flexibility index (Phi) is 4.20. The number of anilines is 1. The molecule has 0 aliphatic heterocycles. The number of nitrogens with zero attached hydrogens (tertiary/aromatic N) is 2. The Bertz CT molecular complexity index is 567. The highest BCUT2D eigenvalue weighted by Gasteiger charge is 2.04. The van der Waals surface area contributed by atoms with Crippen LogP contribution >= 0.6 is 0 Å². The smallest absolute Gasteiger partial charge is 0.159 e. The molecule has 0 saturated carbocycles. The quantitative estimate of drug-likeness (QED) is 0.798. The molecular weight excluding hydrogens is 242 g/mol. The maximum Gasteiger partial charge on any atom is 0.159 e. The van der Waals surface area contributed by atoms with Crippen molar-refractivity contribution in [2.24, 2.45) is 0 Å². The molecule has 0 aliphatic rings. The van der Waals surface area contributed by atoms with Crippen LogP contribution in [0.4, 0.5) is 5.82 Å². The van der Waals surface area contributed by atoms with Gasteiger partial charge in [0.25, 0.3) is 0 Å². The van der Waals surface area contributed by atoms with E-state index in [0.29, 0.717) is 23.6 Å². The number of carbonyl (C=O) groups is 1. The van der Waals surface area contributed by atoms with Crippen molar-refractivity contribution < 1.29 is 9.90 Å². The Morgan fingerprint density at radius 1 is 1.26 bits per heavy atom. The van der Waals surface area contributed by atoms with Crippen LogP contribution in [0.5, 0.6) is 0 Å². The number of Topliss-reactive ketones (excluding diaryl/α,β-unsaturated/α-hetero) is 1. The molecule has 0 radical (unpaired) electrons. The predicted molar refractivity (Wildman–Crippen MR) is 73.0 cm³/mol. The normalized spacial score (nSPS) is 10.2. The van der Waals surface area contributed by atoms with Gasteiger partial charge in [-0.3, -0.25) is 4.79 Å². The molecule has 2 aromatic rings. The number of benzene rings is 1. The largest absolute Gasteiger partial charge is 0.395 e. The minimum Gasteiger partial charge on any atom is -0.395 e. The van der Waals surface area contributed by atoms with E-state index >= 15 is 0 Å². The van der Waals surface area contributed by atoms with Crippen LogP contribution in [0.25, 0.3) is 11.3 Å². The molecule has 19 heavy (non-hydrogen) atoms. The molecule has 0 amide bonds. The lowest BCUT2D eigenvalue weighted by Crippen LogP contribution is -2.07. The van der Waals surface area contributed by atoms with Gasteiger partial charge in [-0.25, -0.2) is 0 Å². The molecule has 2 rings (SSSR count). The second-order valence-corrected chi connectivity index (χ2v) is 4.09. The van der Waals surface area contributed by atoms with E-state index in [0.717, 1.165) is 5.56 Å². The second kappa shape index (κ2) is 6.06. The Labute approximate surface area is 111 Å². The van der Waals surface area contributed by atoms with Crippen LogP contribution in [-0.4, -0.2) is 34.2 Å². The monoisotopic (exact) mass is 257 g/mol. The Morgan fingerprint density at radius 3 is 2.74 bits per heavy atom. The van der Waals surface area contributed by atoms with Crippen molar-refractivity contribution in [1.82, 2.24) is 10.2 Å². The number of hydrogen-bond donors (Lipinski definition) is 2. The molecule has 5 nitrogen and oxygen atoms in total. The van der Waals surface area contributed by atoms with Gasteiger partial charge in [0.05, 0.1) is 12.3 Å². The average molecular weight is 257 g/mol. The Morgan fingerprint density at radius 2 is 2.11 bits per heavy atom. The third-order valence-electron chi connectivity index (χ3n) is 2.65. The zero-order valence-electron chi connectivity index (χ0n) is 10.6. The van der Waals surface area contributed by atoms with Crippen molar-refractivity contribution >= 4 is 11.6 Å². The van der Waals surface area contributed by atoms with Crippen LogP contribution in [0, 0.1) is 0 Å². The van der Waals surface area contributed by atoms with Crippen LogP contribution in [0.1, 0.15) is 17.3 Å². The van der Waals surface area contributed by atoms with Crippen molar-refractivity contribution in [2.75, 3.05) is 18.5 Å². The fourth-order valence-corrected chi connectivity index (χ4v) is 1.66. The Balaban J connectivity index is 2.22. The van der Waals surface area contributed by atoms with E-state index < -0.39 is 0 Å². The SMILES string of the molecule is CC(=O)c1cccc(-c2ccc(NCCO)nn2)c1. The third kappa shape index (κ3) is 3.35. The molecule has 98 valence electrons. The van der Waals surface area contributed by atoms with Gasteiger partial charge in [0.2, 0.25) is 0 Å². The van der Waals surface area contributed by atoms with Crippen LogP contribution in [0.3, 0.4) is 0 Å². The maximum absolute atomic E-state index is 11.3. The predicted octanol–water partition coefficient (Wildman–Crippen LogP) is 1.75. The van der Waals surface area contributed by atoms with Gasteiger partial charge in [0, 0.05) is 17.7 Å². The van der Waals surface area contributed by atoms with Gasteiger partial charge < -0.3 is 10.4 Å². The number of rotatable bonds is 5. The van der Waals surface area contributed by atoms with Gasteiger partial charge in [-0.05, 0) is 25.1 Å². The summed E-state index contributed by atoms with van der Waals surface area (Å²) in [6.07, 6.45) is 0. The molecule has 1 aromatic carbocycles. The molecule has 0 saturated heterocycles. The number of aliphatic hydroxyl groups excluding tert-OH is 1. The van der Waals surface area contributed by atoms with Crippen molar-refractivity contribution in [3.8, 4) is 11.3 Å². The molecule has 0 bridgehead atoms. The standard InChI is InChI=1S/C14H15N3O2/c1-10(19)11-3-2-4-12(9-11)13-5-6-14(17-16-13)15-7-8-18/h2-6,9,18H,7-8H2,1H3,(H,15,17). The highest BCUT2D eigenvalue weighted by atomic mass is 16.3. The van der Waals surface area contributed by atoms with Crippen LogP contribution in [-0.2, 0) is 0 Å². The molecule has 5 heteroatoms. The van der Waals surface area contributed by atoms with E-state index in [4.69, 9.17) is 5.11 Å². The molecule has 0 unspecified atom stereocenters. The first-order valence-corrected chi connectivity index (χ1v) is 6.00. The number of aromatic nitrogens is 2. The summed E-state index contributed by atoms with van der Waals surface area (Å²) in [6.45, 7) is 2.02. The summed E-state index contributed by atoms with van der Waals surface area (Å²) in [5.74, 6) is 0.636. The lowest BCUT2D eigenvalue weighted by molar-refractivity contribution is 0.101. The molecule has 0 atom stereocenters. The number of ketones is 1. The van der Waals surface area contributed by atoms with Gasteiger partial charge in [0.15, 0.2) is 5.78 Å². The first-order chi connectivity index (χ1) is 9.20. The molecule has 1 aromatic heterocycles. The van der Waals surface area contributed by atoms with Gasteiger partial charge in [-0.2, -0.15) is 0 Å². The summed E-state index contributed by atoms with van der Waals surface area (Å²) in [6, 6.07) is 10.9. The maximum atomic E-state index is 11.3. The van der Waals surface area contributed by atoms with Gasteiger partial charge in [0.1, 0.15) is 5.82 Å².